The molecule has 0 spiro atoms. The molecule has 0 unspecified atom stereocenters. The van der Waals surface area contributed by atoms with Crippen LogP contribution in [0.15, 0.2) is 54.6 Å². The first-order chi connectivity index (χ1) is 14.6. The molecule has 0 saturated carbocycles. The monoisotopic (exact) mass is 409 g/mol. The molecule has 1 aliphatic rings. The molecule has 0 radical (unpaired) electrons. The lowest BCUT2D eigenvalue weighted by Gasteiger charge is -2.25. The summed E-state index contributed by atoms with van der Waals surface area (Å²) in [6, 6.07) is 15.8. The van der Waals surface area contributed by atoms with E-state index in [2.05, 4.69) is 5.32 Å². The number of phenolic OH excluding ortho intramolecular Hbond substituents is 1. The molecule has 0 aliphatic carbocycles. The number of amides is 1. The number of aliphatic hydroxyl groups is 1. The van der Waals surface area contributed by atoms with Gasteiger partial charge < -0.3 is 24.4 Å². The molecule has 3 aromatic carbocycles. The van der Waals surface area contributed by atoms with Gasteiger partial charge in [0.15, 0.2) is 11.5 Å². The van der Waals surface area contributed by atoms with Crippen molar-refractivity contribution >= 4 is 22.6 Å². The maximum absolute atomic E-state index is 12.7. The maximum Gasteiger partial charge on any atom is 0.412 e. The van der Waals surface area contributed by atoms with E-state index in [0.717, 1.165) is 10.9 Å². The van der Waals surface area contributed by atoms with Crippen LogP contribution < -0.4 is 14.8 Å². The lowest BCUT2D eigenvalue weighted by Crippen LogP contribution is -2.22. The molecule has 1 amide bonds. The van der Waals surface area contributed by atoms with Crippen molar-refractivity contribution in [3.63, 3.8) is 0 Å². The standard InChI is InChI=1S/C23H23NO6/c1-14(10-11-25)22(18-7-8-19(26)17-5-3-2-4-16(17)18)30-23(27)24-15-6-9-20-21(12-15)29-13-28-20/h2-9,12,14,22,25-26H,10-11,13H2,1H3,(H,24,27)/t14-,22+/m1/s1. The van der Waals surface area contributed by atoms with Gasteiger partial charge in [0, 0.05) is 29.3 Å². The molecule has 7 nitrogen and oxygen atoms in total. The number of rotatable bonds is 6. The zero-order valence-electron chi connectivity index (χ0n) is 16.5. The Hall–Kier alpha value is -3.45. The third-order valence-corrected chi connectivity index (χ3v) is 5.20. The Balaban J connectivity index is 1.60. The number of anilines is 1. The van der Waals surface area contributed by atoms with Gasteiger partial charge in [-0.2, -0.15) is 0 Å². The van der Waals surface area contributed by atoms with Crippen molar-refractivity contribution in [2.75, 3.05) is 18.7 Å². The van der Waals surface area contributed by atoms with Crippen LogP contribution >= 0.6 is 0 Å². The highest BCUT2D eigenvalue weighted by molar-refractivity contribution is 5.91. The van der Waals surface area contributed by atoms with Gasteiger partial charge in [0.1, 0.15) is 11.9 Å². The van der Waals surface area contributed by atoms with Crippen LogP contribution in [0.3, 0.4) is 0 Å². The van der Waals surface area contributed by atoms with E-state index in [4.69, 9.17) is 14.2 Å². The van der Waals surface area contributed by atoms with Crippen molar-refractivity contribution in [2.45, 2.75) is 19.4 Å². The number of ether oxygens (including phenoxy) is 3. The number of phenols is 1. The molecule has 156 valence electrons. The second kappa shape index (κ2) is 8.51. The average molecular weight is 409 g/mol. The maximum atomic E-state index is 12.7. The summed E-state index contributed by atoms with van der Waals surface area (Å²) in [4.78, 5) is 12.7. The quantitative estimate of drug-likeness (QED) is 0.551. The highest BCUT2D eigenvalue weighted by Crippen LogP contribution is 2.37. The fourth-order valence-electron chi connectivity index (χ4n) is 3.63. The second-order valence-electron chi connectivity index (χ2n) is 7.23. The van der Waals surface area contributed by atoms with Gasteiger partial charge in [0.05, 0.1) is 0 Å². The molecule has 30 heavy (non-hydrogen) atoms. The first kappa shape index (κ1) is 19.8. The average Bonchev–Trinajstić information content (AvgIpc) is 3.21. The van der Waals surface area contributed by atoms with E-state index in [1.807, 2.05) is 31.2 Å². The highest BCUT2D eigenvalue weighted by atomic mass is 16.7. The van der Waals surface area contributed by atoms with Crippen molar-refractivity contribution in [1.82, 2.24) is 0 Å². The lowest BCUT2D eigenvalue weighted by molar-refractivity contribution is 0.0676. The van der Waals surface area contributed by atoms with E-state index >= 15 is 0 Å². The normalized spacial score (nSPS) is 14.3. The minimum Gasteiger partial charge on any atom is -0.507 e. The smallest absolute Gasteiger partial charge is 0.412 e. The van der Waals surface area contributed by atoms with E-state index < -0.39 is 12.2 Å². The molecule has 1 aliphatic heterocycles. The number of benzene rings is 3. The Bertz CT molecular complexity index is 1070. The van der Waals surface area contributed by atoms with Gasteiger partial charge in [-0.15, -0.1) is 0 Å². The van der Waals surface area contributed by atoms with Crippen LogP contribution in [0.5, 0.6) is 17.2 Å². The predicted molar refractivity (Wildman–Crippen MR) is 112 cm³/mol. The third-order valence-electron chi connectivity index (χ3n) is 5.20. The van der Waals surface area contributed by atoms with Gasteiger partial charge in [0.2, 0.25) is 6.79 Å². The van der Waals surface area contributed by atoms with Crippen LogP contribution in [0, 0.1) is 5.92 Å². The number of hydrogen-bond donors (Lipinski definition) is 3. The first-order valence-corrected chi connectivity index (χ1v) is 9.75. The van der Waals surface area contributed by atoms with Crippen molar-refractivity contribution < 1.29 is 29.2 Å². The van der Waals surface area contributed by atoms with Gasteiger partial charge in [-0.25, -0.2) is 4.79 Å². The molecular formula is C23H23NO6. The van der Waals surface area contributed by atoms with Crippen molar-refractivity contribution in [3.8, 4) is 17.2 Å². The second-order valence-corrected chi connectivity index (χ2v) is 7.23. The largest absolute Gasteiger partial charge is 0.507 e. The van der Waals surface area contributed by atoms with E-state index in [9.17, 15) is 15.0 Å². The van der Waals surface area contributed by atoms with E-state index in [0.29, 0.717) is 29.0 Å². The topological polar surface area (TPSA) is 97.3 Å². The number of fused-ring (bicyclic) bond motifs is 2. The SMILES string of the molecule is C[C@H](CCO)[C@H](OC(=O)Nc1ccc2c(c1)OCO2)c1ccc(O)c2ccccc12. The van der Waals surface area contributed by atoms with Gasteiger partial charge in [-0.3, -0.25) is 5.32 Å². The third kappa shape index (κ3) is 3.97. The Labute approximate surface area is 173 Å². The molecule has 2 atom stereocenters. The van der Waals surface area contributed by atoms with Crippen molar-refractivity contribution in [2.24, 2.45) is 5.92 Å². The summed E-state index contributed by atoms with van der Waals surface area (Å²) in [5.74, 6) is 1.19. The number of nitrogens with one attached hydrogen (secondary N) is 1. The summed E-state index contributed by atoms with van der Waals surface area (Å²) in [5, 5.41) is 23.8. The summed E-state index contributed by atoms with van der Waals surface area (Å²) < 4.78 is 16.4. The van der Waals surface area contributed by atoms with E-state index in [1.165, 1.54) is 0 Å². The molecule has 0 fully saturated rings. The highest BCUT2D eigenvalue weighted by Gasteiger charge is 2.26. The fourth-order valence-corrected chi connectivity index (χ4v) is 3.63. The number of carbonyl (C=O) groups excluding carboxylic acids is 1. The molecular weight excluding hydrogens is 386 g/mol. The molecule has 7 heteroatoms. The summed E-state index contributed by atoms with van der Waals surface area (Å²) in [6.07, 6.45) is -0.783. The number of hydrogen-bond acceptors (Lipinski definition) is 6. The van der Waals surface area contributed by atoms with E-state index in [-0.39, 0.29) is 25.1 Å². The summed E-state index contributed by atoms with van der Waals surface area (Å²) >= 11 is 0. The van der Waals surface area contributed by atoms with Gasteiger partial charge >= 0.3 is 6.09 Å². The minimum absolute atomic E-state index is 0.0270. The number of aliphatic hydroxyl groups excluding tert-OH is 1. The zero-order valence-corrected chi connectivity index (χ0v) is 16.5. The predicted octanol–water partition coefficient (Wildman–Crippen LogP) is 4.58. The van der Waals surface area contributed by atoms with Gasteiger partial charge in [0.25, 0.3) is 0 Å². The Morgan fingerprint density at radius 1 is 1.10 bits per heavy atom. The molecule has 0 bridgehead atoms. The van der Waals surface area contributed by atoms with Crippen molar-refractivity contribution in [1.29, 1.82) is 0 Å². The first-order valence-electron chi connectivity index (χ1n) is 9.75. The van der Waals surface area contributed by atoms with Crippen LogP contribution in [0.2, 0.25) is 0 Å². The van der Waals surface area contributed by atoms with Gasteiger partial charge in [-0.1, -0.05) is 37.3 Å². The Kier molecular flexibility index (Phi) is 5.63. The van der Waals surface area contributed by atoms with Crippen LogP contribution in [0.4, 0.5) is 10.5 Å². The van der Waals surface area contributed by atoms with Crippen LogP contribution in [0.25, 0.3) is 10.8 Å². The van der Waals surface area contributed by atoms with Gasteiger partial charge in [-0.05, 0) is 35.9 Å². The van der Waals surface area contributed by atoms with Crippen LogP contribution in [-0.4, -0.2) is 29.7 Å². The molecule has 0 saturated heterocycles. The van der Waals surface area contributed by atoms with Crippen LogP contribution in [-0.2, 0) is 4.74 Å². The number of aromatic hydroxyl groups is 1. The van der Waals surface area contributed by atoms with Crippen molar-refractivity contribution in [3.05, 3.63) is 60.2 Å². The fraction of sp³-hybridized carbons (Fsp3) is 0.261. The Morgan fingerprint density at radius 3 is 2.67 bits per heavy atom. The molecule has 3 aromatic rings. The molecule has 3 N–H and O–H groups in total. The summed E-state index contributed by atoms with van der Waals surface area (Å²) in [6.45, 7) is 2.04. The Morgan fingerprint density at radius 2 is 1.87 bits per heavy atom. The van der Waals surface area contributed by atoms with Crippen LogP contribution in [0.1, 0.15) is 25.0 Å². The zero-order chi connectivity index (χ0) is 21.1. The lowest BCUT2D eigenvalue weighted by atomic mass is 9.91. The number of carbonyl (C=O) groups is 1. The van der Waals surface area contributed by atoms with E-state index in [1.54, 1.807) is 30.3 Å². The molecule has 0 aromatic heterocycles. The summed E-state index contributed by atoms with van der Waals surface area (Å²) in [5.41, 5.74) is 1.29. The summed E-state index contributed by atoms with van der Waals surface area (Å²) in [7, 11) is 0. The minimum atomic E-state index is -0.624. The molecule has 1 heterocycles. The molecule has 4 rings (SSSR count).